The summed E-state index contributed by atoms with van der Waals surface area (Å²) in [4.78, 5) is 12.8. The summed E-state index contributed by atoms with van der Waals surface area (Å²) in [6.45, 7) is 4.29. The van der Waals surface area contributed by atoms with Crippen molar-refractivity contribution in [2.75, 3.05) is 5.32 Å². The number of carbonyl (C=O) groups excluding carboxylic acids is 1. The largest absolute Gasteiger partial charge is 0.296 e. The second-order valence-corrected chi connectivity index (χ2v) is 6.83. The van der Waals surface area contributed by atoms with Crippen LogP contribution in [0.25, 0.3) is 11.1 Å². The SMILES string of the molecule is CCC(CC)c1nnc(NC(=O)c2ccccc2-c2ccccc2)s1. The third-order valence-corrected chi connectivity index (χ3v) is 5.25. The minimum absolute atomic E-state index is 0.160. The molecule has 1 amide bonds. The smallest absolute Gasteiger partial charge is 0.258 e. The predicted molar refractivity (Wildman–Crippen MR) is 103 cm³/mol. The van der Waals surface area contributed by atoms with Crippen LogP contribution >= 0.6 is 11.3 Å². The van der Waals surface area contributed by atoms with E-state index in [0.29, 0.717) is 16.6 Å². The minimum Gasteiger partial charge on any atom is -0.296 e. The van der Waals surface area contributed by atoms with Gasteiger partial charge >= 0.3 is 0 Å². The predicted octanol–water partition coefficient (Wildman–Crippen LogP) is 5.36. The Hall–Kier alpha value is -2.53. The van der Waals surface area contributed by atoms with Gasteiger partial charge in [0.25, 0.3) is 5.91 Å². The lowest BCUT2D eigenvalue weighted by Gasteiger charge is -2.09. The van der Waals surface area contributed by atoms with Gasteiger partial charge in [-0.05, 0) is 30.0 Å². The van der Waals surface area contributed by atoms with E-state index in [1.807, 2.05) is 54.6 Å². The van der Waals surface area contributed by atoms with Gasteiger partial charge in [0.1, 0.15) is 5.01 Å². The fraction of sp³-hybridized carbons (Fsp3) is 0.250. The van der Waals surface area contributed by atoms with E-state index in [0.717, 1.165) is 29.0 Å². The number of anilines is 1. The summed E-state index contributed by atoms with van der Waals surface area (Å²) in [5, 5.41) is 12.8. The lowest BCUT2D eigenvalue weighted by atomic mass is 9.99. The molecular formula is C20H21N3OS. The van der Waals surface area contributed by atoms with Crippen molar-refractivity contribution >= 4 is 22.4 Å². The number of hydrogen-bond acceptors (Lipinski definition) is 4. The molecule has 0 aliphatic heterocycles. The molecule has 0 aliphatic rings. The van der Waals surface area contributed by atoms with E-state index < -0.39 is 0 Å². The van der Waals surface area contributed by atoms with Crippen LogP contribution in [0.1, 0.15) is 48.0 Å². The van der Waals surface area contributed by atoms with Gasteiger partial charge in [0, 0.05) is 11.5 Å². The molecule has 3 rings (SSSR count). The fourth-order valence-electron chi connectivity index (χ4n) is 2.80. The average Bonchev–Trinajstić information content (AvgIpc) is 3.11. The Kier molecular flexibility index (Phi) is 5.56. The fourth-order valence-corrected chi connectivity index (χ4v) is 3.81. The van der Waals surface area contributed by atoms with Crippen molar-refractivity contribution in [2.24, 2.45) is 0 Å². The number of aromatic nitrogens is 2. The van der Waals surface area contributed by atoms with Crippen LogP contribution in [0.2, 0.25) is 0 Å². The number of nitrogens with zero attached hydrogens (tertiary/aromatic N) is 2. The Morgan fingerprint density at radius 2 is 1.68 bits per heavy atom. The normalized spacial score (nSPS) is 10.8. The number of hydrogen-bond donors (Lipinski definition) is 1. The Labute approximate surface area is 151 Å². The van der Waals surface area contributed by atoms with Crippen LogP contribution in [0.15, 0.2) is 54.6 Å². The van der Waals surface area contributed by atoms with Crippen molar-refractivity contribution in [1.82, 2.24) is 10.2 Å². The summed E-state index contributed by atoms with van der Waals surface area (Å²) in [5.74, 6) is 0.242. The number of amides is 1. The molecule has 0 saturated heterocycles. The number of benzene rings is 2. The summed E-state index contributed by atoms with van der Waals surface area (Å²) in [7, 11) is 0. The van der Waals surface area contributed by atoms with Crippen molar-refractivity contribution in [1.29, 1.82) is 0 Å². The molecule has 0 spiro atoms. The van der Waals surface area contributed by atoms with Gasteiger partial charge in [0.15, 0.2) is 0 Å². The van der Waals surface area contributed by atoms with E-state index in [9.17, 15) is 4.79 Å². The maximum Gasteiger partial charge on any atom is 0.258 e. The first-order valence-electron chi connectivity index (χ1n) is 8.52. The molecule has 0 atom stereocenters. The zero-order valence-corrected chi connectivity index (χ0v) is 15.2. The topological polar surface area (TPSA) is 54.9 Å². The van der Waals surface area contributed by atoms with Gasteiger partial charge in [-0.3, -0.25) is 10.1 Å². The molecular weight excluding hydrogens is 330 g/mol. The summed E-state index contributed by atoms with van der Waals surface area (Å²) in [6.07, 6.45) is 2.05. The van der Waals surface area contributed by atoms with Gasteiger partial charge in [-0.2, -0.15) is 0 Å². The molecule has 25 heavy (non-hydrogen) atoms. The third-order valence-electron chi connectivity index (χ3n) is 4.25. The highest BCUT2D eigenvalue weighted by atomic mass is 32.1. The van der Waals surface area contributed by atoms with E-state index in [-0.39, 0.29) is 5.91 Å². The number of rotatable bonds is 6. The second kappa shape index (κ2) is 8.03. The second-order valence-electron chi connectivity index (χ2n) is 5.82. The van der Waals surface area contributed by atoms with Crippen molar-refractivity contribution in [3.63, 3.8) is 0 Å². The zero-order chi connectivity index (χ0) is 17.6. The van der Waals surface area contributed by atoms with Gasteiger partial charge in [0.2, 0.25) is 5.13 Å². The van der Waals surface area contributed by atoms with Crippen molar-refractivity contribution in [2.45, 2.75) is 32.6 Å². The van der Waals surface area contributed by atoms with E-state index >= 15 is 0 Å². The highest BCUT2D eigenvalue weighted by molar-refractivity contribution is 7.15. The van der Waals surface area contributed by atoms with Crippen LogP contribution in [0, 0.1) is 0 Å². The summed E-state index contributed by atoms with van der Waals surface area (Å²) in [6, 6.07) is 17.5. The molecule has 5 heteroatoms. The molecule has 2 aromatic carbocycles. The maximum absolute atomic E-state index is 12.8. The van der Waals surface area contributed by atoms with Crippen molar-refractivity contribution in [3.8, 4) is 11.1 Å². The van der Waals surface area contributed by atoms with Crippen molar-refractivity contribution in [3.05, 3.63) is 65.2 Å². The molecule has 3 aromatic rings. The maximum atomic E-state index is 12.8. The molecule has 1 aromatic heterocycles. The van der Waals surface area contributed by atoms with Gasteiger partial charge in [-0.25, -0.2) is 0 Å². The van der Waals surface area contributed by atoms with Crippen LogP contribution in [-0.2, 0) is 0 Å². The lowest BCUT2D eigenvalue weighted by molar-refractivity contribution is 0.102. The molecule has 1 N–H and O–H groups in total. The molecule has 0 saturated carbocycles. The van der Waals surface area contributed by atoms with Crippen molar-refractivity contribution < 1.29 is 4.79 Å². The van der Waals surface area contributed by atoms with E-state index in [4.69, 9.17) is 0 Å². The zero-order valence-electron chi connectivity index (χ0n) is 14.4. The number of carbonyl (C=O) groups is 1. The Morgan fingerprint density at radius 1 is 1.00 bits per heavy atom. The summed E-state index contributed by atoms with van der Waals surface area (Å²) < 4.78 is 0. The van der Waals surface area contributed by atoms with Gasteiger partial charge in [-0.1, -0.05) is 73.7 Å². The Bertz CT molecular complexity index is 841. The van der Waals surface area contributed by atoms with Gasteiger partial charge in [-0.15, -0.1) is 10.2 Å². The highest BCUT2D eigenvalue weighted by Gasteiger charge is 2.17. The van der Waals surface area contributed by atoms with Crippen LogP contribution in [0.5, 0.6) is 0 Å². The van der Waals surface area contributed by atoms with E-state index in [1.54, 1.807) is 0 Å². The molecule has 4 nitrogen and oxygen atoms in total. The minimum atomic E-state index is -0.160. The molecule has 0 fully saturated rings. The first-order valence-corrected chi connectivity index (χ1v) is 9.33. The van der Waals surface area contributed by atoms with E-state index in [1.165, 1.54) is 11.3 Å². The Morgan fingerprint density at radius 3 is 2.40 bits per heavy atom. The van der Waals surface area contributed by atoms with Crippen LogP contribution in [0.3, 0.4) is 0 Å². The third kappa shape index (κ3) is 3.94. The van der Waals surface area contributed by atoms with Crippen LogP contribution in [0.4, 0.5) is 5.13 Å². The standard InChI is InChI=1S/C20H21N3OS/c1-3-14(4-2)19-22-23-20(25-19)21-18(24)17-13-9-8-12-16(17)15-10-6-5-7-11-15/h5-14H,3-4H2,1-2H3,(H,21,23,24). The first kappa shape index (κ1) is 17.3. The molecule has 1 heterocycles. The summed E-state index contributed by atoms with van der Waals surface area (Å²) in [5.41, 5.74) is 2.56. The summed E-state index contributed by atoms with van der Waals surface area (Å²) >= 11 is 1.46. The van der Waals surface area contributed by atoms with Crippen LogP contribution in [-0.4, -0.2) is 16.1 Å². The lowest BCUT2D eigenvalue weighted by Crippen LogP contribution is -2.13. The number of nitrogens with one attached hydrogen (secondary N) is 1. The molecule has 128 valence electrons. The molecule has 0 radical (unpaired) electrons. The van der Waals surface area contributed by atoms with Gasteiger partial charge < -0.3 is 0 Å². The van der Waals surface area contributed by atoms with Crippen LogP contribution < -0.4 is 5.32 Å². The first-order chi connectivity index (χ1) is 12.2. The molecule has 0 bridgehead atoms. The molecule has 0 unspecified atom stereocenters. The monoisotopic (exact) mass is 351 g/mol. The molecule has 0 aliphatic carbocycles. The highest BCUT2D eigenvalue weighted by Crippen LogP contribution is 2.29. The Balaban J connectivity index is 1.83. The average molecular weight is 351 g/mol. The quantitative estimate of drug-likeness (QED) is 0.650. The van der Waals surface area contributed by atoms with E-state index in [2.05, 4.69) is 29.4 Å². The van der Waals surface area contributed by atoms with Gasteiger partial charge in [0.05, 0.1) is 0 Å².